The molecule has 0 spiro atoms. The van der Waals surface area contributed by atoms with Crippen molar-refractivity contribution in [1.82, 2.24) is 20.9 Å². The summed E-state index contributed by atoms with van der Waals surface area (Å²) in [5.74, 6) is 0.853. The number of halogens is 1. The van der Waals surface area contributed by atoms with Crippen LogP contribution in [0.4, 0.5) is 4.79 Å². The molecule has 0 aromatic carbocycles. The number of alkyl carbamates (subject to hydrolysis) is 1. The summed E-state index contributed by atoms with van der Waals surface area (Å²) >= 11 is 0. The zero-order valence-electron chi connectivity index (χ0n) is 17.8. The average Bonchev–Trinajstić information content (AvgIpc) is 2.58. The Morgan fingerprint density at radius 1 is 1.15 bits per heavy atom. The minimum absolute atomic E-state index is 0. The summed E-state index contributed by atoms with van der Waals surface area (Å²) in [4.78, 5) is 18.9. The quantitative estimate of drug-likeness (QED) is 0.208. The van der Waals surface area contributed by atoms with Crippen LogP contribution in [0.1, 0.15) is 60.3 Å². The summed E-state index contributed by atoms with van der Waals surface area (Å²) in [5, 5.41) is 9.41. The Balaban J connectivity index is 0.00000676. The van der Waals surface area contributed by atoms with E-state index in [0.717, 1.165) is 38.6 Å². The van der Waals surface area contributed by atoms with Crippen molar-refractivity contribution in [2.24, 2.45) is 4.99 Å². The van der Waals surface area contributed by atoms with Crippen molar-refractivity contribution in [3.05, 3.63) is 0 Å². The van der Waals surface area contributed by atoms with Gasteiger partial charge in [-0.2, -0.15) is 0 Å². The van der Waals surface area contributed by atoms with Gasteiger partial charge < -0.3 is 20.7 Å². The first-order valence-electron chi connectivity index (χ1n) is 10.1. The van der Waals surface area contributed by atoms with Crippen LogP contribution in [-0.2, 0) is 4.74 Å². The monoisotopic (exact) mass is 497 g/mol. The molecule has 1 heterocycles. The smallest absolute Gasteiger partial charge is 0.407 e. The van der Waals surface area contributed by atoms with Gasteiger partial charge in [-0.1, -0.05) is 13.3 Å². The van der Waals surface area contributed by atoms with Crippen LogP contribution in [-0.4, -0.2) is 67.9 Å². The number of hydrogen-bond acceptors (Lipinski definition) is 4. The molecular weight excluding hydrogens is 457 g/mol. The molecule has 1 unspecified atom stereocenters. The van der Waals surface area contributed by atoms with Gasteiger partial charge >= 0.3 is 6.09 Å². The molecule has 1 aliphatic heterocycles. The first-order valence-corrected chi connectivity index (χ1v) is 10.1. The number of carbonyl (C=O) groups excluding carboxylic acids is 1. The lowest BCUT2D eigenvalue weighted by molar-refractivity contribution is 0.0527. The van der Waals surface area contributed by atoms with Crippen molar-refractivity contribution < 1.29 is 9.53 Å². The fraction of sp³-hybridized carbons (Fsp3) is 0.895. The van der Waals surface area contributed by atoms with Crippen LogP contribution in [0.5, 0.6) is 0 Å². The number of piperidine rings is 1. The minimum atomic E-state index is -0.460. The van der Waals surface area contributed by atoms with Gasteiger partial charge in [0.1, 0.15) is 5.60 Å². The first kappa shape index (κ1) is 26.2. The van der Waals surface area contributed by atoms with Gasteiger partial charge in [0, 0.05) is 25.7 Å². The Morgan fingerprint density at radius 2 is 1.85 bits per heavy atom. The third kappa shape index (κ3) is 12.3. The van der Waals surface area contributed by atoms with E-state index in [0.29, 0.717) is 12.6 Å². The van der Waals surface area contributed by atoms with E-state index >= 15 is 0 Å². The Labute approximate surface area is 182 Å². The molecule has 27 heavy (non-hydrogen) atoms. The summed E-state index contributed by atoms with van der Waals surface area (Å²) in [6, 6.07) is 0.554. The zero-order valence-corrected chi connectivity index (χ0v) is 20.1. The van der Waals surface area contributed by atoms with Crippen LogP contribution in [0.15, 0.2) is 4.99 Å². The Kier molecular flexibility index (Phi) is 13.9. The Morgan fingerprint density at radius 3 is 2.48 bits per heavy atom. The molecule has 1 saturated heterocycles. The summed E-state index contributed by atoms with van der Waals surface area (Å²) < 4.78 is 5.22. The number of likely N-dealkylation sites (tertiary alicyclic amines) is 1. The number of nitrogens with one attached hydrogen (secondary N) is 3. The molecular formula is C19H40IN5O2. The van der Waals surface area contributed by atoms with Crippen LogP contribution < -0.4 is 16.0 Å². The molecule has 0 radical (unpaired) electrons. The fourth-order valence-corrected chi connectivity index (χ4v) is 3.02. The number of nitrogens with zero attached hydrogens (tertiary/aromatic N) is 2. The summed E-state index contributed by atoms with van der Waals surface area (Å²) in [7, 11) is 0. The molecule has 3 N–H and O–H groups in total. The van der Waals surface area contributed by atoms with Crippen molar-refractivity contribution in [3.8, 4) is 0 Å². The number of hydrogen-bond donors (Lipinski definition) is 3. The van der Waals surface area contributed by atoms with Gasteiger partial charge in [-0.15, -0.1) is 24.0 Å². The number of amides is 1. The van der Waals surface area contributed by atoms with Crippen LogP contribution in [0.2, 0.25) is 0 Å². The highest BCUT2D eigenvalue weighted by Crippen LogP contribution is 2.16. The van der Waals surface area contributed by atoms with E-state index in [1.807, 2.05) is 20.8 Å². The molecule has 7 nitrogen and oxygen atoms in total. The molecule has 1 fully saturated rings. The largest absolute Gasteiger partial charge is 0.444 e. The third-order valence-electron chi connectivity index (χ3n) is 4.27. The van der Waals surface area contributed by atoms with Crippen molar-refractivity contribution in [2.75, 3.05) is 39.3 Å². The van der Waals surface area contributed by atoms with Crippen molar-refractivity contribution in [1.29, 1.82) is 0 Å². The third-order valence-corrected chi connectivity index (χ3v) is 4.27. The molecule has 0 aliphatic carbocycles. The van der Waals surface area contributed by atoms with Crippen molar-refractivity contribution >= 4 is 36.0 Å². The maximum Gasteiger partial charge on any atom is 0.407 e. The zero-order chi connectivity index (χ0) is 19.4. The predicted octanol–water partition coefficient (Wildman–Crippen LogP) is 2.95. The van der Waals surface area contributed by atoms with Gasteiger partial charge in [-0.05, 0) is 60.0 Å². The summed E-state index contributed by atoms with van der Waals surface area (Å²) in [5.41, 5.74) is -0.460. The highest BCUT2D eigenvalue weighted by molar-refractivity contribution is 14.0. The lowest BCUT2D eigenvalue weighted by atomic mass is 10.0. The normalized spacial score (nSPS) is 18.4. The fourth-order valence-electron chi connectivity index (χ4n) is 3.02. The van der Waals surface area contributed by atoms with Crippen LogP contribution >= 0.6 is 24.0 Å². The highest BCUT2D eigenvalue weighted by Gasteiger charge is 2.20. The number of likely N-dealkylation sites (N-methyl/N-ethyl adjacent to an activating group) is 1. The lowest BCUT2D eigenvalue weighted by Crippen LogP contribution is -2.43. The molecule has 0 aromatic heterocycles. The van der Waals surface area contributed by atoms with Gasteiger partial charge in [0.25, 0.3) is 0 Å². The van der Waals surface area contributed by atoms with Crippen LogP contribution in [0.25, 0.3) is 0 Å². The van der Waals surface area contributed by atoms with Gasteiger partial charge in [-0.25, -0.2) is 4.79 Å². The predicted molar refractivity (Wildman–Crippen MR) is 123 cm³/mol. The average molecular weight is 497 g/mol. The molecule has 1 amide bonds. The standard InChI is InChI=1S/C19H39N5O2.HI/c1-6-20-17(23-15-16-11-8-9-14-24(16)7-2)21-12-10-13-22-18(25)26-19(3,4)5;/h16H,6-15H2,1-5H3,(H,22,25)(H2,20,21,23);1H. The van der Waals surface area contributed by atoms with Gasteiger partial charge in [-0.3, -0.25) is 9.89 Å². The number of rotatable bonds is 8. The molecule has 0 aromatic rings. The van der Waals surface area contributed by atoms with E-state index in [4.69, 9.17) is 9.73 Å². The molecule has 0 saturated carbocycles. The van der Waals surface area contributed by atoms with E-state index in [2.05, 4.69) is 34.7 Å². The number of carbonyl (C=O) groups is 1. The van der Waals surface area contributed by atoms with E-state index in [1.165, 1.54) is 25.8 Å². The number of guanidine groups is 1. The maximum absolute atomic E-state index is 11.6. The Bertz CT molecular complexity index is 440. The second-order valence-electron chi connectivity index (χ2n) is 7.71. The molecule has 1 aliphatic rings. The highest BCUT2D eigenvalue weighted by atomic mass is 127. The summed E-state index contributed by atoms with van der Waals surface area (Å²) in [6.45, 7) is 15.2. The van der Waals surface area contributed by atoms with E-state index < -0.39 is 5.60 Å². The van der Waals surface area contributed by atoms with Crippen molar-refractivity contribution in [2.45, 2.75) is 71.9 Å². The second kappa shape index (κ2) is 14.3. The van der Waals surface area contributed by atoms with E-state index in [1.54, 1.807) is 0 Å². The first-order chi connectivity index (χ1) is 12.4. The molecule has 1 atom stereocenters. The van der Waals surface area contributed by atoms with Gasteiger partial charge in [0.05, 0.1) is 6.54 Å². The van der Waals surface area contributed by atoms with E-state index in [9.17, 15) is 4.79 Å². The van der Waals surface area contributed by atoms with Crippen LogP contribution in [0.3, 0.4) is 0 Å². The molecule has 1 rings (SSSR count). The lowest BCUT2D eigenvalue weighted by Gasteiger charge is -2.33. The maximum atomic E-state index is 11.6. The van der Waals surface area contributed by atoms with Crippen molar-refractivity contribution in [3.63, 3.8) is 0 Å². The van der Waals surface area contributed by atoms with Gasteiger partial charge in [0.2, 0.25) is 0 Å². The second-order valence-corrected chi connectivity index (χ2v) is 7.71. The number of ether oxygens (including phenoxy) is 1. The summed E-state index contributed by atoms with van der Waals surface area (Å²) in [6.07, 6.45) is 4.29. The molecule has 160 valence electrons. The van der Waals surface area contributed by atoms with Gasteiger partial charge in [0.15, 0.2) is 5.96 Å². The Hall–Kier alpha value is -0.770. The molecule has 8 heteroatoms. The minimum Gasteiger partial charge on any atom is -0.444 e. The molecule has 0 bridgehead atoms. The van der Waals surface area contributed by atoms with Crippen LogP contribution in [0, 0.1) is 0 Å². The van der Waals surface area contributed by atoms with E-state index in [-0.39, 0.29) is 30.1 Å². The number of aliphatic imine (C=N–C) groups is 1. The topological polar surface area (TPSA) is 78.0 Å². The SMILES string of the molecule is CCNC(=NCC1CCCCN1CC)NCCCNC(=O)OC(C)(C)C.I.